The lowest BCUT2D eigenvalue weighted by Gasteiger charge is -2.22. The smallest absolute Gasteiger partial charge is 0.221 e. The summed E-state index contributed by atoms with van der Waals surface area (Å²) in [6, 6.07) is 5.47. The van der Waals surface area contributed by atoms with Crippen LogP contribution in [0.4, 0.5) is 5.69 Å². The molecule has 1 aromatic rings. The average molecular weight is 415 g/mol. The number of carbonyl (C=O) groups is 1. The summed E-state index contributed by atoms with van der Waals surface area (Å²) in [5, 5.41) is 3.36. The lowest BCUT2D eigenvalue weighted by Crippen LogP contribution is -2.38. The maximum atomic E-state index is 12.3. The summed E-state index contributed by atoms with van der Waals surface area (Å²) in [4.78, 5) is 14.4. The van der Waals surface area contributed by atoms with Gasteiger partial charge in [-0.05, 0) is 37.5 Å². The molecule has 8 heteroatoms. The first-order valence-corrected chi connectivity index (χ1v) is 11.6. The summed E-state index contributed by atoms with van der Waals surface area (Å²) in [7, 11) is -1.54. The number of carbonyl (C=O) groups excluding carboxylic acids is 1. The fraction of sp³-hybridized carbons (Fsp3) is 0.632. The summed E-state index contributed by atoms with van der Waals surface area (Å²) in [5.74, 6) is 0.498. The van der Waals surface area contributed by atoms with E-state index in [1.807, 2.05) is 12.1 Å². The Bertz CT molecular complexity index is 778. The van der Waals surface area contributed by atoms with Gasteiger partial charge in [0.15, 0.2) is 9.84 Å². The molecular formula is C19H27ClN2O4S. The minimum absolute atomic E-state index is 0.00428. The molecule has 2 aliphatic rings. The van der Waals surface area contributed by atoms with Gasteiger partial charge in [-0.2, -0.15) is 0 Å². The normalized spacial score (nSPS) is 20.8. The lowest BCUT2D eigenvalue weighted by molar-refractivity contribution is -0.121. The number of benzene rings is 1. The standard InChI is InChI=1S/C19H27ClN2O4S/c1-26-18-7-6-14(20)12-17(18)22-10-8-15(13-22)21-19(23)9-11-27(24,25)16-4-2-3-5-16/h6-7,12,15-16H,2-5,8-11,13H2,1H3,(H,21,23). The number of sulfone groups is 1. The molecule has 0 radical (unpaired) electrons. The fourth-order valence-electron chi connectivity index (χ4n) is 3.96. The molecule has 1 aromatic carbocycles. The van der Waals surface area contributed by atoms with Gasteiger partial charge in [0.05, 0.1) is 23.8 Å². The van der Waals surface area contributed by atoms with Crippen LogP contribution in [0.5, 0.6) is 5.75 Å². The van der Waals surface area contributed by atoms with E-state index in [0.717, 1.165) is 50.1 Å². The molecule has 1 heterocycles. The molecule has 1 aliphatic carbocycles. The number of halogens is 1. The average Bonchev–Trinajstić information content (AvgIpc) is 3.32. The van der Waals surface area contributed by atoms with E-state index in [0.29, 0.717) is 11.6 Å². The Hall–Kier alpha value is -1.47. The highest BCUT2D eigenvalue weighted by Crippen LogP contribution is 2.33. The molecule has 2 fully saturated rings. The summed E-state index contributed by atoms with van der Waals surface area (Å²) < 4.78 is 30.0. The summed E-state index contributed by atoms with van der Waals surface area (Å²) in [6.07, 6.45) is 4.26. The number of hydrogen-bond acceptors (Lipinski definition) is 5. The first-order valence-electron chi connectivity index (χ1n) is 9.48. The molecular weight excluding hydrogens is 388 g/mol. The molecule has 6 nitrogen and oxygen atoms in total. The fourth-order valence-corrected chi connectivity index (χ4v) is 5.98. The quantitative estimate of drug-likeness (QED) is 0.742. The maximum absolute atomic E-state index is 12.3. The number of nitrogens with zero attached hydrogens (tertiary/aromatic N) is 1. The predicted octanol–water partition coefficient (Wildman–Crippen LogP) is 2.79. The van der Waals surface area contributed by atoms with Crippen molar-refractivity contribution in [2.45, 2.75) is 49.8 Å². The van der Waals surface area contributed by atoms with Crippen LogP contribution in [-0.2, 0) is 14.6 Å². The van der Waals surface area contributed by atoms with Crippen LogP contribution in [0.15, 0.2) is 18.2 Å². The second kappa shape index (κ2) is 8.69. The number of nitrogens with one attached hydrogen (secondary N) is 1. The predicted molar refractivity (Wildman–Crippen MR) is 107 cm³/mol. The van der Waals surface area contributed by atoms with Gasteiger partial charge in [0.25, 0.3) is 0 Å². The van der Waals surface area contributed by atoms with Crippen molar-refractivity contribution < 1.29 is 17.9 Å². The molecule has 3 rings (SSSR count). The van der Waals surface area contributed by atoms with Gasteiger partial charge in [-0.25, -0.2) is 8.42 Å². The van der Waals surface area contributed by atoms with Gasteiger partial charge in [-0.1, -0.05) is 24.4 Å². The van der Waals surface area contributed by atoms with Crippen LogP contribution in [0.1, 0.15) is 38.5 Å². The van der Waals surface area contributed by atoms with Crippen molar-refractivity contribution in [3.8, 4) is 5.75 Å². The van der Waals surface area contributed by atoms with Gasteiger partial charge < -0.3 is 15.0 Å². The minimum atomic E-state index is -3.16. The Labute approximate surface area is 166 Å². The van der Waals surface area contributed by atoms with Gasteiger partial charge in [-0.3, -0.25) is 4.79 Å². The van der Waals surface area contributed by atoms with Crippen LogP contribution in [0, 0.1) is 0 Å². The molecule has 0 bridgehead atoms. The molecule has 150 valence electrons. The molecule has 1 saturated heterocycles. The van der Waals surface area contributed by atoms with Crippen molar-refractivity contribution >= 4 is 33.0 Å². The zero-order valence-corrected chi connectivity index (χ0v) is 17.2. The number of anilines is 1. The first-order chi connectivity index (χ1) is 12.9. The second-order valence-corrected chi connectivity index (χ2v) is 10.2. The van der Waals surface area contributed by atoms with Crippen LogP contribution in [0.3, 0.4) is 0 Å². The van der Waals surface area contributed by atoms with E-state index in [4.69, 9.17) is 16.3 Å². The van der Waals surface area contributed by atoms with E-state index in [1.54, 1.807) is 13.2 Å². The van der Waals surface area contributed by atoms with Crippen molar-refractivity contribution in [2.24, 2.45) is 0 Å². The molecule has 1 saturated carbocycles. The van der Waals surface area contributed by atoms with Gasteiger partial charge in [0, 0.05) is 30.6 Å². The van der Waals surface area contributed by atoms with Gasteiger partial charge in [0.2, 0.25) is 5.91 Å². The van der Waals surface area contributed by atoms with E-state index in [2.05, 4.69) is 10.2 Å². The molecule has 1 amide bonds. The number of ether oxygens (including phenoxy) is 1. The molecule has 1 aliphatic heterocycles. The third kappa shape index (κ3) is 5.08. The molecule has 1 atom stereocenters. The third-order valence-corrected chi connectivity index (χ3v) is 7.95. The number of hydrogen-bond donors (Lipinski definition) is 1. The van der Waals surface area contributed by atoms with Gasteiger partial charge in [0.1, 0.15) is 5.75 Å². The zero-order valence-electron chi connectivity index (χ0n) is 15.6. The molecule has 0 aromatic heterocycles. The Morgan fingerprint density at radius 3 is 2.74 bits per heavy atom. The lowest BCUT2D eigenvalue weighted by atomic mass is 10.2. The monoisotopic (exact) mass is 414 g/mol. The van der Waals surface area contributed by atoms with Crippen molar-refractivity contribution in [1.82, 2.24) is 5.32 Å². The third-order valence-electron chi connectivity index (χ3n) is 5.46. The van der Waals surface area contributed by atoms with Crippen molar-refractivity contribution in [3.63, 3.8) is 0 Å². The Morgan fingerprint density at radius 1 is 1.30 bits per heavy atom. The van der Waals surface area contributed by atoms with Crippen molar-refractivity contribution in [2.75, 3.05) is 30.9 Å². The molecule has 27 heavy (non-hydrogen) atoms. The number of rotatable bonds is 7. The molecule has 1 N–H and O–H groups in total. The van der Waals surface area contributed by atoms with E-state index in [9.17, 15) is 13.2 Å². The summed E-state index contributed by atoms with van der Waals surface area (Å²) in [5.41, 5.74) is 0.908. The summed E-state index contributed by atoms with van der Waals surface area (Å²) >= 11 is 6.10. The van der Waals surface area contributed by atoms with E-state index in [-0.39, 0.29) is 29.4 Å². The Morgan fingerprint density at radius 2 is 2.04 bits per heavy atom. The van der Waals surface area contributed by atoms with Crippen LogP contribution in [0.2, 0.25) is 5.02 Å². The van der Waals surface area contributed by atoms with Gasteiger partial charge >= 0.3 is 0 Å². The zero-order chi connectivity index (χ0) is 19.4. The van der Waals surface area contributed by atoms with Crippen molar-refractivity contribution in [1.29, 1.82) is 0 Å². The highest BCUT2D eigenvalue weighted by molar-refractivity contribution is 7.92. The first kappa shape index (κ1) is 20.3. The van der Waals surface area contributed by atoms with Crippen LogP contribution < -0.4 is 15.0 Å². The van der Waals surface area contributed by atoms with E-state index in [1.165, 1.54) is 0 Å². The second-order valence-electron chi connectivity index (χ2n) is 7.34. The summed E-state index contributed by atoms with van der Waals surface area (Å²) in [6.45, 7) is 1.43. The number of methoxy groups -OCH3 is 1. The van der Waals surface area contributed by atoms with Crippen LogP contribution in [0.25, 0.3) is 0 Å². The molecule has 1 unspecified atom stereocenters. The Kier molecular flexibility index (Phi) is 6.52. The molecule has 0 spiro atoms. The van der Waals surface area contributed by atoms with Crippen LogP contribution in [-0.4, -0.2) is 51.6 Å². The highest BCUT2D eigenvalue weighted by Gasteiger charge is 2.30. The topological polar surface area (TPSA) is 75.7 Å². The largest absolute Gasteiger partial charge is 0.495 e. The maximum Gasteiger partial charge on any atom is 0.221 e. The van der Waals surface area contributed by atoms with E-state index < -0.39 is 9.84 Å². The van der Waals surface area contributed by atoms with Gasteiger partial charge in [-0.15, -0.1) is 0 Å². The Balaban J connectivity index is 1.51. The minimum Gasteiger partial charge on any atom is -0.495 e. The van der Waals surface area contributed by atoms with Crippen molar-refractivity contribution in [3.05, 3.63) is 23.2 Å². The highest BCUT2D eigenvalue weighted by atomic mass is 35.5. The SMILES string of the molecule is COc1ccc(Cl)cc1N1CCC(NC(=O)CCS(=O)(=O)C2CCCC2)C1. The number of amides is 1. The van der Waals surface area contributed by atoms with Crippen LogP contribution >= 0.6 is 11.6 Å². The van der Waals surface area contributed by atoms with E-state index >= 15 is 0 Å².